The predicted molar refractivity (Wildman–Crippen MR) is 80.1 cm³/mol. The van der Waals surface area contributed by atoms with Crippen LogP contribution in [0.1, 0.15) is 11.1 Å². The zero-order valence-electron chi connectivity index (χ0n) is 11.8. The van der Waals surface area contributed by atoms with Crippen LogP contribution in [0.15, 0.2) is 48.5 Å². The van der Waals surface area contributed by atoms with E-state index in [0.717, 1.165) is 6.07 Å². The molecule has 3 aromatic rings. The molecule has 0 aliphatic carbocycles. The number of aromatic amines is 1. The van der Waals surface area contributed by atoms with Crippen molar-refractivity contribution >= 4 is 16.9 Å². The first kappa shape index (κ1) is 15.1. The number of carboxylic acid groups (broad SMARTS) is 1. The first-order valence-electron chi connectivity index (χ1n) is 6.86. The first-order chi connectivity index (χ1) is 10.9. The van der Waals surface area contributed by atoms with Crippen molar-refractivity contribution in [3.05, 3.63) is 59.7 Å². The lowest BCUT2D eigenvalue weighted by atomic mass is 9.98. The molecule has 6 heteroatoms. The van der Waals surface area contributed by atoms with Crippen LogP contribution in [-0.2, 0) is 17.4 Å². The largest absolute Gasteiger partial charge is 0.481 e. The van der Waals surface area contributed by atoms with Crippen LogP contribution < -0.4 is 0 Å². The summed E-state index contributed by atoms with van der Waals surface area (Å²) in [6.07, 6.45) is -4.88. The smallest absolute Gasteiger partial charge is 0.417 e. The van der Waals surface area contributed by atoms with E-state index in [0.29, 0.717) is 16.5 Å². The molecule has 0 fully saturated rings. The molecule has 0 aliphatic heterocycles. The summed E-state index contributed by atoms with van der Waals surface area (Å²) in [6.45, 7) is 0. The highest BCUT2D eigenvalue weighted by Gasteiger charge is 2.34. The van der Waals surface area contributed by atoms with E-state index in [1.165, 1.54) is 18.2 Å². The van der Waals surface area contributed by atoms with E-state index in [1.54, 1.807) is 24.3 Å². The molecule has 0 atom stereocenters. The van der Waals surface area contributed by atoms with Gasteiger partial charge in [-0.3, -0.25) is 4.79 Å². The number of H-pyrrole nitrogens is 1. The third kappa shape index (κ3) is 2.79. The van der Waals surface area contributed by atoms with Crippen molar-refractivity contribution < 1.29 is 23.1 Å². The lowest BCUT2D eigenvalue weighted by Crippen LogP contribution is -2.08. The number of aromatic nitrogens is 1. The number of carboxylic acids is 1. The molecule has 1 heterocycles. The first-order valence-corrected chi connectivity index (χ1v) is 6.86. The van der Waals surface area contributed by atoms with Crippen LogP contribution in [0.25, 0.3) is 22.2 Å². The summed E-state index contributed by atoms with van der Waals surface area (Å²) in [5.74, 6) is -1.10. The van der Waals surface area contributed by atoms with Gasteiger partial charge in [0.05, 0.1) is 17.7 Å². The maximum absolute atomic E-state index is 13.3. The quantitative estimate of drug-likeness (QED) is 0.748. The highest BCUT2D eigenvalue weighted by molar-refractivity contribution is 5.94. The fourth-order valence-electron chi connectivity index (χ4n) is 2.71. The number of benzene rings is 2. The molecule has 0 amide bonds. The third-order valence-corrected chi connectivity index (χ3v) is 3.64. The maximum Gasteiger partial charge on any atom is 0.417 e. The van der Waals surface area contributed by atoms with E-state index in [9.17, 15) is 18.0 Å². The van der Waals surface area contributed by atoms with Gasteiger partial charge < -0.3 is 10.1 Å². The summed E-state index contributed by atoms with van der Waals surface area (Å²) in [7, 11) is 0. The fourth-order valence-corrected chi connectivity index (χ4v) is 2.71. The average molecular weight is 319 g/mol. The molecule has 0 bridgehead atoms. The van der Waals surface area contributed by atoms with E-state index in [-0.39, 0.29) is 17.7 Å². The van der Waals surface area contributed by atoms with Gasteiger partial charge in [0.1, 0.15) is 0 Å². The Morgan fingerprint density at radius 2 is 1.70 bits per heavy atom. The SMILES string of the molecule is O=C(O)Cc1c(-c2ccccc2C(F)(F)F)[nH]c2ccccc12. The highest BCUT2D eigenvalue weighted by atomic mass is 19.4. The second-order valence-electron chi connectivity index (χ2n) is 5.14. The number of aliphatic carboxylic acids is 1. The number of halogens is 3. The number of rotatable bonds is 3. The number of carbonyl (C=O) groups is 1. The molecule has 0 radical (unpaired) electrons. The van der Waals surface area contributed by atoms with Gasteiger partial charge in [0.2, 0.25) is 0 Å². The topological polar surface area (TPSA) is 53.1 Å². The molecule has 3 rings (SSSR count). The van der Waals surface area contributed by atoms with Crippen LogP contribution in [0.5, 0.6) is 0 Å². The lowest BCUT2D eigenvalue weighted by Gasteiger charge is -2.13. The summed E-state index contributed by atoms with van der Waals surface area (Å²) in [5.41, 5.74) is 0.313. The summed E-state index contributed by atoms with van der Waals surface area (Å²) in [6, 6.07) is 12.0. The molecule has 0 unspecified atom stereocenters. The van der Waals surface area contributed by atoms with Crippen molar-refractivity contribution in [3.8, 4) is 11.3 Å². The standard InChI is InChI=1S/C17H12F3NO2/c18-17(19,20)13-7-3-1-6-11(13)16-12(9-15(22)23)10-5-2-4-8-14(10)21-16/h1-8,21H,9H2,(H,22,23). The fraction of sp³-hybridized carbons (Fsp3) is 0.118. The van der Waals surface area contributed by atoms with Gasteiger partial charge in [-0.15, -0.1) is 0 Å². The number of fused-ring (bicyclic) bond motifs is 1. The van der Waals surface area contributed by atoms with E-state index in [4.69, 9.17) is 5.11 Å². The van der Waals surface area contributed by atoms with Gasteiger partial charge in [-0.1, -0.05) is 36.4 Å². The molecule has 23 heavy (non-hydrogen) atoms. The Labute approximate surface area is 129 Å². The second kappa shape index (κ2) is 5.46. The van der Waals surface area contributed by atoms with Crippen LogP contribution in [0.4, 0.5) is 13.2 Å². The van der Waals surface area contributed by atoms with E-state index in [1.807, 2.05) is 0 Å². The summed E-state index contributed by atoms with van der Waals surface area (Å²) >= 11 is 0. The minimum Gasteiger partial charge on any atom is -0.481 e. The molecule has 0 saturated heterocycles. The normalized spacial score (nSPS) is 11.8. The molecule has 0 saturated carbocycles. The van der Waals surface area contributed by atoms with Crippen LogP contribution in [0.2, 0.25) is 0 Å². The molecule has 2 N–H and O–H groups in total. The Balaban J connectivity index is 2.31. The molecular formula is C17H12F3NO2. The van der Waals surface area contributed by atoms with Crippen molar-refractivity contribution in [1.82, 2.24) is 4.98 Å². The van der Waals surface area contributed by atoms with Crippen LogP contribution >= 0.6 is 0 Å². The zero-order chi connectivity index (χ0) is 16.6. The maximum atomic E-state index is 13.3. The monoisotopic (exact) mass is 319 g/mol. The van der Waals surface area contributed by atoms with Crippen molar-refractivity contribution in [2.75, 3.05) is 0 Å². The van der Waals surface area contributed by atoms with Gasteiger partial charge in [0, 0.05) is 16.5 Å². The number of hydrogen-bond acceptors (Lipinski definition) is 1. The van der Waals surface area contributed by atoms with Crippen molar-refractivity contribution in [1.29, 1.82) is 0 Å². The zero-order valence-corrected chi connectivity index (χ0v) is 11.8. The molecule has 3 nitrogen and oxygen atoms in total. The van der Waals surface area contributed by atoms with Crippen molar-refractivity contribution in [2.45, 2.75) is 12.6 Å². The van der Waals surface area contributed by atoms with Crippen LogP contribution in [-0.4, -0.2) is 16.1 Å². The number of hydrogen-bond donors (Lipinski definition) is 2. The highest BCUT2D eigenvalue weighted by Crippen LogP contribution is 2.39. The minimum absolute atomic E-state index is 0.0487. The Morgan fingerprint density at radius 1 is 1.04 bits per heavy atom. The second-order valence-corrected chi connectivity index (χ2v) is 5.14. The number of nitrogens with one attached hydrogen (secondary N) is 1. The van der Waals surface area contributed by atoms with Gasteiger partial charge >= 0.3 is 12.1 Å². The van der Waals surface area contributed by atoms with Gasteiger partial charge in [-0.05, 0) is 17.7 Å². The van der Waals surface area contributed by atoms with Gasteiger partial charge in [0.15, 0.2) is 0 Å². The Morgan fingerprint density at radius 3 is 2.39 bits per heavy atom. The Bertz CT molecular complexity index is 881. The Kier molecular flexibility index (Phi) is 3.60. The molecule has 118 valence electrons. The van der Waals surface area contributed by atoms with Crippen molar-refractivity contribution in [3.63, 3.8) is 0 Å². The van der Waals surface area contributed by atoms with Gasteiger partial charge in [-0.2, -0.15) is 13.2 Å². The number of alkyl halides is 3. The predicted octanol–water partition coefficient (Wildman–Crippen LogP) is 4.48. The van der Waals surface area contributed by atoms with E-state index >= 15 is 0 Å². The molecular weight excluding hydrogens is 307 g/mol. The molecule has 2 aromatic carbocycles. The van der Waals surface area contributed by atoms with Gasteiger partial charge in [0.25, 0.3) is 0 Å². The summed E-state index contributed by atoms with van der Waals surface area (Å²) < 4.78 is 39.8. The van der Waals surface area contributed by atoms with Crippen molar-refractivity contribution in [2.24, 2.45) is 0 Å². The van der Waals surface area contributed by atoms with Crippen LogP contribution in [0.3, 0.4) is 0 Å². The molecule has 0 spiro atoms. The molecule has 1 aromatic heterocycles. The number of para-hydroxylation sites is 1. The van der Waals surface area contributed by atoms with Gasteiger partial charge in [-0.25, -0.2) is 0 Å². The summed E-state index contributed by atoms with van der Waals surface area (Å²) in [4.78, 5) is 14.1. The lowest BCUT2D eigenvalue weighted by molar-refractivity contribution is -0.137. The molecule has 0 aliphatic rings. The minimum atomic E-state index is -4.52. The summed E-state index contributed by atoms with van der Waals surface area (Å²) in [5, 5.41) is 9.72. The van der Waals surface area contributed by atoms with E-state index in [2.05, 4.69) is 4.98 Å². The third-order valence-electron chi connectivity index (χ3n) is 3.64. The van der Waals surface area contributed by atoms with Crippen LogP contribution in [0, 0.1) is 0 Å². The Hall–Kier alpha value is -2.76. The van der Waals surface area contributed by atoms with E-state index < -0.39 is 17.7 Å². The average Bonchev–Trinajstić information content (AvgIpc) is 2.85.